The molecule has 0 saturated carbocycles. The van der Waals surface area contributed by atoms with Gasteiger partial charge in [-0.15, -0.1) is 11.8 Å². The number of benzene rings is 1. The fraction of sp³-hybridized carbons (Fsp3) is 0.500. The molecule has 0 aliphatic heterocycles. The van der Waals surface area contributed by atoms with Gasteiger partial charge in [0.25, 0.3) is 0 Å². The van der Waals surface area contributed by atoms with Crippen LogP contribution in [0.2, 0.25) is 0 Å². The predicted octanol–water partition coefficient (Wildman–Crippen LogP) is 2.98. The van der Waals surface area contributed by atoms with Crippen molar-refractivity contribution >= 4 is 17.4 Å². The van der Waals surface area contributed by atoms with Gasteiger partial charge in [0.15, 0.2) is 0 Å². The highest BCUT2D eigenvalue weighted by Crippen LogP contribution is 2.17. The predicted molar refractivity (Wildman–Crippen MR) is 67.6 cm³/mol. The summed E-state index contributed by atoms with van der Waals surface area (Å²) in [6.07, 6.45) is 5.20. The van der Waals surface area contributed by atoms with Crippen molar-refractivity contribution in [1.82, 2.24) is 0 Å². The monoisotopic (exact) mass is 225 g/mol. The van der Waals surface area contributed by atoms with Crippen LogP contribution in [0.15, 0.2) is 29.2 Å². The van der Waals surface area contributed by atoms with Crippen LogP contribution in [0.3, 0.4) is 0 Å². The third kappa shape index (κ3) is 5.09. The fourth-order valence-electron chi connectivity index (χ4n) is 1.36. The molecule has 15 heavy (non-hydrogen) atoms. The van der Waals surface area contributed by atoms with Gasteiger partial charge in [-0.2, -0.15) is 0 Å². The van der Waals surface area contributed by atoms with Crippen molar-refractivity contribution in [3.05, 3.63) is 24.3 Å². The average molecular weight is 225 g/mol. The van der Waals surface area contributed by atoms with Crippen LogP contribution < -0.4 is 5.32 Å². The molecule has 1 rings (SSSR count). The maximum atomic E-state index is 8.62. The van der Waals surface area contributed by atoms with E-state index in [1.54, 1.807) is 11.8 Å². The lowest BCUT2D eigenvalue weighted by Crippen LogP contribution is -2.01. The molecular formula is C12H19NOS. The Morgan fingerprint density at radius 1 is 1.13 bits per heavy atom. The molecule has 0 aromatic heterocycles. The molecule has 1 aromatic rings. The van der Waals surface area contributed by atoms with Gasteiger partial charge in [-0.3, -0.25) is 0 Å². The van der Waals surface area contributed by atoms with E-state index in [4.69, 9.17) is 5.11 Å². The van der Waals surface area contributed by atoms with E-state index < -0.39 is 0 Å². The molecule has 0 bridgehead atoms. The Balaban J connectivity index is 2.20. The number of aliphatic hydroxyl groups excluding tert-OH is 1. The molecule has 0 spiro atoms. The number of thioether (sulfide) groups is 1. The fourth-order valence-corrected chi connectivity index (χ4v) is 1.76. The van der Waals surface area contributed by atoms with Gasteiger partial charge in [0.05, 0.1) is 0 Å². The third-order valence-corrected chi connectivity index (χ3v) is 3.00. The van der Waals surface area contributed by atoms with Crippen LogP contribution in [-0.4, -0.2) is 24.5 Å². The summed E-state index contributed by atoms with van der Waals surface area (Å²) >= 11 is 1.76. The summed E-state index contributed by atoms with van der Waals surface area (Å²) in [7, 11) is 0. The van der Waals surface area contributed by atoms with E-state index in [2.05, 4.69) is 35.8 Å². The topological polar surface area (TPSA) is 32.3 Å². The number of anilines is 1. The van der Waals surface area contributed by atoms with E-state index in [1.165, 1.54) is 10.6 Å². The Bertz CT molecular complexity index is 261. The molecule has 2 N–H and O–H groups in total. The summed E-state index contributed by atoms with van der Waals surface area (Å²) in [5.74, 6) is 0. The first kappa shape index (κ1) is 12.4. The van der Waals surface area contributed by atoms with Crippen molar-refractivity contribution in [2.45, 2.75) is 24.2 Å². The maximum Gasteiger partial charge on any atom is 0.0431 e. The van der Waals surface area contributed by atoms with Gasteiger partial charge in [0, 0.05) is 23.7 Å². The number of unbranched alkanes of at least 4 members (excludes halogenated alkanes) is 2. The van der Waals surface area contributed by atoms with Crippen molar-refractivity contribution in [3.8, 4) is 0 Å². The number of hydrogen-bond acceptors (Lipinski definition) is 3. The van der Waals surface area contributed by atoms with Crippen molar-refractivity contribution in [2.75, 3.05) is 24.7 Å². The summed E-state index contributed by atoms with van der Waals surface area (Å²) in [6.45, 7) is 1.29. The first-order valence-corrected chi connectivity index (χ1v) is 6.58. The van der Waals surface area contributed by atoms with Gasteiger partial charge in [-0.1, -0.05) is 0 Å². The van der Waals surface area contributed by atoms with Gasteiger partial charge < -0.3 is 10.4 Å². The molecular weight excluding hydrogens is 206 g/mol. The Kier molecular flexibility index (Phi) is 6.28. The zero-order valence-electron chi connectivity index (χ0n) is 9.20. The Labute approximate surface area is 96.1 Å². The summed E-state index contributed by atoms with van der Waals surface area (Å²) in [4.78, 5) is 1.29. The highest BCUT2D eigenvalue weighted by Gasteiger charge is 1.93. The smallest absolute Gasteiger partial charge is 0.0431 e. The largest absolute Gasteiger partial charge is 0.396 e. The Morgan fingerprint density at radius 2 is 1.87 bits per heavy atom. The number of rotatable bonds is 7. The van der Waals surface area contributed by atoms with Gasteiger partial charge in [-0.25, -0.2) is 0 Å². The standard InChI is InChI=1S/C12H19NOS/c1-15-12-7-5-11(6-8-12)13-9-3-2-4-10-14/h5-8,13-14H,2-4,9-10H2,1H3. The maximum absolute atomic E-state index is 8.62. The van der Waals surface area contributed by atoms with E-state index >= 15 is 0 Å². The molecule has 2 nitrogen and oxygen atoms in total. The summed E-state index contributed by atoms with van der Waals surface area (Å²) < 4.78 is 0. The second-order valence-electron chi connectivity index (χ2n) is 3.44. The number of hydrogen-bond donors (Lipinski definition) is 2. The van der Waals surface area contributed by atoms with E-state index in [-0.39, 0.29) is 0 Å². The first-order chi connectivity index (χ1) is 7.36. The molecule has 0 saturated heterocycles. The second kappa shape index (κ2) is 7.60. The van der Waals surface area contributed by atoms with E-state index in [0.29, 0.717) is 6.61 Å². The molecule has 1 aromatic carbocycles. The van der Waals surface area contributed by atoms with E-state index in [0.717, 1.165) is 25.8 Å². The van der Waals surface area contributed by atoms with Gasteiger partial charge >= 0.3 is 0 Å². The summed E-state index contributed by atoms with van der Waals surface area (Å²) in [5, 5.41) is 12.0. The molecule has 0 aliphatic carbocycles. The van der Waals surface area contributed by atoms with Crippen LogP contribution in [0.25, 0.3) is 0 Å². The summed E-state index contributed by atoms with van der Waals surface area (Å²) in [5.41, 5.74) is 1.18. The molecule has 0 fully saturated rings. The zero-order chi connectivity index (χ0) is 10.9. The lowest BCUT2D eigenvalue weighted by atomic mass is 10.2. The second-order valence-corrected chi connectivity index (χ2v) is 4.32. The molecule has 84 valence electrons. The van der Waals surface area contributed by atoms with Crippen molar-refractivity contribution in [1.29, 1.82) is 0 Å². The third-order valence-electron chi connectivity index (χ3n) is 2.25. The Morgan fingerprint density at radius 3 is 2.47 bits per heavy atom. The van der Waals surface area contributed by atoms with Gasteiger partial charge in [0.1, 0.15) is 0 Å². The quantitative estimate of drug-likeness (QED) is 0.553. The van der Waals surface area contributed by atoms with Crippen LogP contribution in [0.4, 0.5) is 5.69 Å². The Hall–Kier alpha value is -0.670. The number of nitrogens with one attached hydrogen (secondary N) is 1. The minimum absolute atomic E-state index is 0.308. The molecule has 0 aliphatic rings. The minimum atomic E-state index is 0.308. The van der Waals surface area contributed by atoms with Gasteiger partial charge in [-0.05, 0) is 49.8 Å². The van der Waals surface area contributed by atoms with E-state index in [9.17, 15) is 0 Å². The minimum Gasteiger partial charge on any atom is -0.396 e. The summed E-state index contributed by atoms with van der Waals surface area (Å²) in [6, 6.07) is 8.47. The van der Waals surface area contributed by atoms with Crippen molar-refractivity contribution < 1.29 is 5.11 Å². The number of aliphatic hydroxyl groups is 1. The van der Waals surface area contributed by atoms with Crippen LogP contribution in [0.1, 0.15) is 19.3 Å². The lowest BCUT2D eigenvalue weighted by molar-refractivity contribution is 0.283. The molecule has 0 heterocycles. The van der Waals surface area contributed by atoms with Crippen LogP contribution >= 0.6 is 11.8 Å². The van der Waals surface area contributed by atoms with Crippen LogP contribution in [0.5, 0.6) is 0 Å². The van der Waals surface area contributed by atoms with Crippen molar-refractivity contribution in [2.24, 2.45) is 0 Å². The average Bonchev–Trinajstić information content (AvgIpc) is 2.30. The highest BCUT2D eigenvalue weighted by molar-refractivity contribution is 7.98. The van der Waals surface area contributed by atoms with Crippen LogP contribution in [0, 0.1) is 0 Å². The SMILES string of the molecule is CSc1ccc(NCCCCCO)cc1. The molecule has 0 radical (unpaired) electrons. The van der Waals surface area contributed by atoms with Crippen LogP contribution in [-0.2, 0) is 0 Å². The van der Waals surface area contributed by atoms with Crippen molar-refractivity contribution in [3.63, 3.8) is 0 Å². The molecule has 0 amide bonds. The molecule has 0 atom stereocenters. The molecule has 0 unspecified atom stereocenters. The highest BCUT2D eigenvalue weighted by atomic mass is 32.2. The normalized spacial score (nSPS) is 10.3. The molecule has 3 heteroatoms. The van der Waals surface area contributed by atoms with Gasteiger partial charge in [0.2, 0.25) is 0 Å². The first-order valence-electron chi connectivity index (χ1n) is 5.35. The zero-order valence-corrected chi connectivity index (χ0v) is 10.0. The lowest BCUT2D eigenvalue weighted by Gasteiger charge is -2.06. The van der Waals surface area contributed by atoms with E-state index in [1.807, 2.05) is 0 Å².